The van der Waals surface area contributed by atoms with Crippen LogP contribution in [-0.2, 0) is 9.53 Å². The molecule has 3 nitrogen and oxygen atoms in total. The molecular weight excluding hydrogens is 154 g/mol. The van der Waals surface area contributed by atoms with Crippen LogP contribution in [0.25, 0.3) is 0 Å². The van der Waals surface area contributed by atoms with Crippen molar-refractivity contribution >= 4 is 5.97 Å². The molecule has 0 aliphatic rings. The smallest absolute Gasteiger partial charge is 0.335 e. The van der Waals surface area contributed by atoms with E-state index >= 15 is 0 Å². The first-order valence-corrected chi connectivity index (χ1v) is 4.13. The number of allylic oxidation sites excluding steroid dienone is 1. The van der Waals surface area contributed by atoms with Crippen molar-refractivity contribution in [3.63, 3.8) is 0 Å². The molecule has 0 rings (SSSR count). The zero-order valence-corrected chi connectivity index (χ0v) is 8.23. The maximum Gasteiger partial charge on any atom is 0.335 e. The van der Waals surface area contributed by atoms with Crippen LogP contribution in [0.1, 0.15) is 27.2 Å². The predicted octanol–water partition coefficient (Wildman–Crippen LogP) is 1.45. The molecule has 0 bridgehead atoms. The average molecular weight is 171 g/mol. The lowest BCUT2D eigenvalue weighted by atomic mass is 10.2. The van der Waals surface area contributed by atoms with Gasteiger partial charge in [-0.3, -0.25) is 0 Å². The van der Waals surface area contributed by atoms with Crippen LogP contribution in [0.5, 0.6) is 0 Å². The van der Waals surface area contributed by atoms with E-state index in [4.69, 9.17) is 0 Å². The zero-order chi connectivity index (χ0) is 9.56. The number of nitrogens with one attached hydrogen (secondary N) is 1. The SMILES string of the molecule is CCCNC(C)=C(C)C(=O)OC. The van der Waals surface area contributed by atoms with Crippen molar-refractivity contribution in [2.45, 2.75) is 27.2 Å². The zero-order valence-electron chi connectivity index (χ0n) is 8.23. The number of carbonyl (C=O) groups is 1. The van der Waals surface area contributed by atoms with E-state index in [0.29, 0.717) is 5.57 Å². The van der Waals surface area contributed by atoms with Crippen LogP contribution in [0, 0.1) is 0 Å². The summed E-state index contributed by atoms with van der Waals surface area (Å²) in [6, 6.07) is 0. The molecule has 0 aliphatic heterocycles. The molecule has 0 saturated carbocycles. The average Bonchev–Trinajstić information content (AvgIpc) is 2.11. The highest BCUT2D eigenvalue weighted by Gasteiger charge is 2.05. The van der Waals surface area contributed by atoms with Crippen LogP contribution >= 0.6 is 0 Å². The second-order valence-electron chi connectivity index (χ2n) is 2.67. The van der Waals surface area contributed by atoms with Crippen molar-refractivity contribution in [1.29, 1.82) is 0 Å². The summed E-state index contributed by atoms with van der Waals surface area (Å²) in [5.74, 6) is -0.267. The van der Waals surface area contributed by atoms with Crippen molar-refractivity contribution in [2.75, 3.05) is 13.7 Å². The predicted molar refractivity (Wildman–Crippen MR) is 48.7 cm³/mol. The fraction of sp³-hybridized carbons (Fsp3) is 0.667. The minimum atomic E-state index is -0.267. The van der Waals surface area contributed by atoms with Gasteiger partial charge in [0.05, 0.1) is 12.7 Å². The molecule has 0 aromatic rings. The van der Waals surface area contributed by atoms with Crippen LogP contribution in [0.3, 0.4) is 0 Å². The van der Waals surface area contributed by atoms with Gasteiger partial charge in [-0.15, -0.1) is 0 Å². The Balaban J connectivity index is 4.15. The van der Waals surface area contributed by atoms with Gasteiger partial charge in [0, 0.05) is 12.2 Å². The lowest BCUT2D eigenvalue weighted by molar-refractivity contribution is -0.136. The number of ether oxygens (including phenoxy) is 1. The van der Waals surface area contributed by atoms with Crippen molar-refractivity contribution in [1.82, 2.24) is 5.32 Å². The Bertz CT molecular complexity index is 185. The minimum absolute atomic E-state index is 0.267. The minimum Gasteiger partial charge on any atom is -0.466 e. The van der Waals surface area contributed by atoms with Gasteiger partial charge in [0.1, 0.15) is 0 Å². The third-order valence-electron chi connectivity index (χ3n) is 1.69. The maximum absolute atomic E-state index is 11.0. The molecule has 0 atom stereocenters. The van der Waals surface area contributed by atoms with Gasteiger partial charge < -0.3 is 10.1 Å². The van der Waals surface area contributed by atoms with Gasteiger partial charge >= 0.3 is 5.97 Å². The molecule has 3 heteroatoms. The first-order valence-electron chi connectivity index (χ1n) is 4.13. The van der Waals surface area contributed by atoms with E-state index in [1.165, 1.54) is 7.11 Å². The number of esters is 1. The lowest BCUT2D eigenvalue weighted by Gasteiger charge is -2.07. The largest absolute Gasteiger partial charge is 0.466 e. The molecular formula is C9H17NO2. The Hall–Kier alpha value is -0.990. The quantitative estimate of drug-likeness (QED) is 0.514. The first-order chi connectivity index (χ1) is 5.63. The highest BCUT2D eigenvalue weighted by molar-refractivity contribution is 5.88. The second-order valence-corrected chi connectivity index (χ2v) is 2.67. The van der Waals surface area contributed by atoms with Crippen LogP contribution in [-0.4, -0.2) is 19.6 Å². The normalized spacial score (nSPS) is 12.0. The summed E-state index contributed by atoms with van der Waals surface area (Å²) in [7, 11) is 1.39. The van der Waals surface area contributed by atoms with E-state index in [-0.39, 0.29) is 5.97 Å². The van der Waals surface area contributed by atoms with Gasteiger partial charge in [-0.1, -0.05) is 6.92 Å². The van der Waals surface area contributed by atoms with Gasteiger partial charge in [-0.25, -0.2) is 4.79 Å². The summed E-state index contributed by atoms with van der Waals surface area (Å²) < 4.78 is 4.58. The van der Waals surface area contributed by atoms with Gasteiger partial charge in [-0.05, 0) is 20.3 Å². The third-order valence-corrected chi connectivity index (χ3v) is 1.69. The molecule has 0 aromatic carbocycles. The van der Waals surface area contributed by atoms with Gasteiger partial charge in [0.2, 0.25) is 0 Å². The number of methoxy groups -OCH3 is 1. The summed E-state index contributed by atoms with van der Waals surface area (Å²) >= 11 is 0. The van der Waals surface area contributed by atoms with E-state index in [0.717, 1.165) is 18.7 Å². The van der Waals surface area contributed by atoms with Gasteiger partial charge in [0.15, 0.2) is 0 Å². The van der Waals surface area contributed by atoms with Crippen LogP contribution in [0.4, 0.5) is 0 Å². The van der Waals surface area contributed by atoms with E-state index in [9.17, 15) is 4.79 Å². The summed E-state index contributed by atoms with van der Waals surface area (Å²) in [5, 5.41) is 3.13. The van der Waals surface area contributed by atoms with Crippen molar-refractivity contribution in [3.8, 4) is 0 Å². The molecule has 0 aliphatic carbocycles. The molecule has 0 unspecified atom stereocenters. The molecule has 12 heavy (non-hydrogen) atoms. The molecule has 0 heterocycles. The fourth-order valence-electron chi connectivity index (χ4n) is 0.751. The third kappa shape index (κ3) is 3.42. The van der Waals surface area contributed by atoms with Crippen molar-refractivity contribution in [3.05, 3.63) is 11.3 Å². The van der Waals surface area contributed by atoms with Crippen LogP contribution < -0.4 is 5.32 Å². The molecule has 0 saturated heterocycles. The Morgan fingerprint density at radius 2 is 2.00 bits per heavy atom. The summed E-state index contributed by atoms with van der Waals surface area (Å²) in [5.41, 5.74) is 1.54. The fourth-order valence-corrected chi connectivity index (χ4v) is 0.751. The van der Waals surface area contributed by atoms with Gasteiger partial charge in [-0.2, -0.15) is 0 Å². The molecule has 0 radical (unpaired) electrons. The first kappa shape index (κ1) is 11.0. The standard InChI is InChI=1S/C9H17NO2/c1-5-6-10-8(3)7(2)9(11)12-4/h10H,5-6H2,1-4H3. The van der Waals surface area contributed by atoms with Gasteiger partial charge in [0.25, 0.3) is 0 Å². The van der Waals surface area contributed by atoms with Crippen LogP contribution in [0.2, 0.25) is 0 Å². The molecule has 0 amide bonds. The maximum atomic E-state index is 11.0. The number of hydrogen-bond donors (Lipinski definition) is 1. The lowest BCUT2D eigenvalue weighted by Crippen LogP contribution is -2.16. The van der Waals surface area contributed by atoms with E-state index in [1.807, 2.05) is 6.92 Å². The van der Waals surface area contributed by atoms with Crippen molar-refractivity contribution < 1.29 is 9.53 Å². The molecule has 70 valence electrons. The molecule has 0 spiro atoms. The highest BCUT2D eigenvalue weighted by Crippen LogP contribution is 2.01. The molecule has 0 fully saturated rings. The number of carbonyl (C=O) groups excluding carboxylic acids is 1. The number of rotatable bonds is 4. The topological polar surface area (TPSA) is 38.3 Å². The monoisotopic (exact) mass is 171 g/mol. The Morgan fingerprint density at radius 3 is 2.42 bits per heavy atom. The van der Waals surface area contributed by atoms with Crippen LogP contribution in [0.15, 0.2) is 11.3 Å². The Morgan fingerprint density at radius 1 is 1.42 bits per heavy atom. The van der Waals surface area contributed by atoms with E-state index < -0.39 is 0 Å². The summed E-state index contributed by atoms with van der Waals surface area (Å²) in [6.07, 6.45) is 1.05. The summed E-state index contributed by atoms with van der Waals surface area (Å²) in [6.45, 7) is 6.60. The molecule has 0 aromatic heterocycles. The van der Waals surface area contributed by atoms with E-state index in [2.05, 4.69) is 17.0 Å². The Labute approximate surface area is 73.8 Å². The highest BCUT2D eigenvalue weighted by atomic mass is 16.5. The van der Waals surface area contributed by atoms with Crippen molar-refractivity contribution in [2.24, 2.45) is 0 Å². The number of hydrogen-bond acceptors (Lipinski definition) is 3. The summed E-state index contributed by atoms with van der Waals surface area (Å²) in [4.78, 5) is 11.0. The Kier molecular flexibility index (Phi) is 5.17. The van der Waals surface area contributed by atoms with E-state index in [1.54, 1.807) is 6.92 Å². The second kappa shape index (κ2) is 5.63. The molecule has 1 N–H and O–H groups in total.